The van der Waals surface area contributed by atoms with Crippen molar-refractivity contribution in [3.8, 4) is 0 Å². The summed E-state index contributed by atoms with van der Waals surface area (Å²) in [6.07, 6.45) is -4.81. The summed E-state index contributed by atoms with van der Waals surface area (Å²) in [4.78, 5) is 9.71. The van der Waals surface area contributed by atoms with E-state index in [9.17, 15) is 27.7 Å². The summed E-state index contributed by atoms with van der Waals surface area (Å²) >= 11 is 4.90. The van der Waals surface area contributed by atoms with Crippen LogP contribution in [0, 0.1) is 15.9 Å². The number of nitrogens with zero attached hydrogens (tertiary/aromatic N) is 1. The van der Waals surface area contributed by atoms with Crippen molar-refractivity contribution in [2.24, 2.45) is 0 Å². The number of non-ortho nitro benzene ring substituents is 1. The van der Waals surface area contributed by atoms with Crippen molar-refractivity contribution >= 4 is 34.4 Å². The van der Waals surface area contributed by atoms with Crippen molar-refractivity contribution < 1.29 is 22.5 Å². The van der Waals surface area contributed by atoms with Crippen LogP contribution in [0.15, 0.2) is 42.5 Å². The van der Waals surface area contributed by atoms with E-state index in [0.29, 0.717) is 11.8 Å². The lowest BCUT2D eigenvalue weighted by molar-refractivity contribution is -0.385. The molecule has 0 saturated carbocycles. The first-order valence-corrected chi connectivity index (χ1v) is 6.77. The van der Waals surface area contributed by atoms with Crippen LogP contribution >= 0.6 is 12.2 Å². The molecule has 0 bridgehead atoms. The van der Waals surface area contributed by atoms with Gasteiger partial charge in [-0.25, -0.2) is 4.39 Å². The number of halogens is 4. The summed E-state index contributed by atoms with van der Waals surface area (Å²) in [5.41, 5.74) is -1.98. The van der Waals surface area contributed by atoms with Crippen molar-refractivity contribution in [3.63, 3.8) is 0 Å². The van der Waals surface area contributed by atoms with Crippen LogP contribution in [0.3, 0.4) is 0 Å². The highest BCUT2D eigenvalue weighted by atomic mass is 32.1. The van der Waals surface area contributed by atoms with Crippen LogP contribution in [-0.2, 0) is 6.18 Å². The average molecular weight is 359 g/mol. The second-order valence-corrected chi connectivity index (χ2v) is 4.98. The van der Waals surface area contributed by atoms with Crippen molar-refractivity contribution in [2.45, 2.75) is 6.18 Å². The average Bonchev–Trinajstić information content (AvgIpc) is 2.48. The Morgan fingerprint density at radius 1 is 1.08 bits per heavy atom. The molecular formula is C14H9F4N3O2S. The molecule has 0 unspecified atom stereocenters. The molecule has 0 aromatic heterocycles. The number of thiocarbonyl (C=S) groups is 1. The zero-order valence-corrected chi connectivity index (χ0v) is 12.5. The number of rotatable bonds is 3. The molecule has 2 rings (SSSR count). The molecule has 2 N–H and O–H groups in total. The summed E-state index contributed by atoms with van der Waals surface area (Å²) in [7, 11) is 0. The summed E-state index contributed by atoms with van der Waals surface area (Å²) in [6, 6.07) is 7.27. The molecule has 0 saturated heterocycles. The molecule has 5 nitrogen and oxygen atoms in total. The van der Waals surface area contributed by atoms with E-state index in [4.69, 9.17) is 12.2 Å². The fourth-order valence-electron chi connectivity index (χ4n) is 1.81. The fourth-order valence-corrected chi connectivity index (χ4v) is 2.04. The molecule has 0 radical (unpaired) electrons. The van der Waals surface area contributed by atoms with Gasteiger partial charge in [-0.3, -0.25) is 10.1 Å². The molecule has 0 fully saturated rings. The Kier molecular flexibility index (Phi) is 4.98. The zero-order chi connectivity index (χ0) is 17.9. The number of hydrogen-bond acceptors (Lipinski definition) is 3. The minimum absolute atomic E-state index is 0.180. The van der Waals surface area contributed by atoms with E-state index in [2.05, 4.69) is 10.6 Å². The molecule has 0 spiro atoms. The molecule has 0 aliphatic carbocycles. The van der Waals surface area contributed by atoms with Gasteiger partial charge < -0.3 is 10.6 Å². The molecule has 2 aromatic rings. The maximum atomic E-state index is 13.0. The first-order chi connectivity index (χ1) is 11.2. The normalized spacial score (nSPS) is 11.0. The lowest BCUT2D eigenvalue weighted by atomic mass is 10.1. The molecule has 24 heavy (non-hydrogen) atoms. The molecule has 0 atom stereocenters. The number of nitro groups is 1. The van der Waals surface area contributed by atoms with Crippen LogP contribution in [0.25, 0.3) is 0 Å². The monoisotopic (exact) mass is 359 g/mol. The van der Waals surface area contributed by atoms with E-state index < -0.39 is 33.9 Å². The smallest absolute Gasteiger partial charge is 0.332 e. The largest absolute Gasteiger partial charge is 0.418 e. The highest BCUT2D eigenvalue weighted by Crippen LogP contribution is 2.37. The van der Waals surface area contributed by atoms with Crippen LogP contribution in [0.2, 0.25) is 0 Å². The SMILES string of the molecule is O=[N+]([O-])c1ccc(NC(=S)Nc2ccc(F)cc2)c(C(F)(F)F)c1. The molecule has 2 aromatic carbocycles. The lowest BCUT2D eigenvalue weighted by Gasteiger charge is -2.15. The van der Waals surface area contributed by atoms with Crippen LogP contribution in [0.1, 0.15) is 5.56 Å². The number of nitrogens with one attached hydrogen (secondary N) is 2. The number of alkyl halides is 3. The van der Waals surface area contributed by atoms with E-state index >= 15 is 0 Å². The Bertz CT molecular complexity index is 779. The van der Waals surface area contributed by atoms with Crippen LogP contribution in [0.4, 0.5) is 34.6 Å². The molecule has 0 aliphatic rings. The van der Waals surface area contributed by atoms with Gasteiger partial charge in [0.25, 0.3) is 5.69 Å². The quantitative estimate of drug-likeness (QED) is 0.364. The molecule has 0 amide bonds. The van der Waals surface area contributed by atoms with Crippen molar-refractivity contribution in [2.75, 3.05) is 10.6 Å². The van der Waals surface area contributed by atoms with Crippen molar-refractivity contribution in [1.29, 1.82) is 0 Å². The lowest BCUT2D eigenvalue weighted by Crippen LogP contribution is -2.21. The van der Waals surface area contributed by atoms with E-state index in [0.717, 1.165) is 24.3 Å². The standard InChI is InChI=1S/C14H9F4N3O2S/c15-8-1-3-9(4-2-8)19-13(24)20-12-6-5-10(21(22)23)7-11(12)14(16,17)18/h1-7H,(H2,19,20,24). The number of anilines is 2. The Labute approximate surface area is 138 Å². The van der Waals surface area contributed by atoms with Crippen molar-refractivity contribution in [1.82, 2.24) is 0 Å². The van der Waals surface area contributed by atoms with Gasteiger partial charge in [-0.05, 0) is 42.5 Å². The van der Waals surface area contributed by atoms with Gasteiger partial charge in [0.2, 0.25) is 0 Å². The molecule has 0 aliphatic heterocycles. The van der Waals surface area contributed by atoms with Crippen LogP contribution < -0.4 is 10.6 Å². The second-order valence-electron chi connectivity index (χ2n) is 4.57. The minimum Gasteiger partial charge on any atom is -0.332 e. The third-order valence-electron chi connectivity index (χ3n) is 2.87. The van der Waals surface area contributed by atoms with E-state index in [1.165, 1.54) is 12.1 Å². The van der Waals surface area contributed by atoms with Gasteiger partial charge >= 0.3 is 6.18 Å². The van der Waals surface area contributed by atoms with E-state index in [1.807, 2.05) is 0 Å². The van der Waals surface area contributed by atoms with Gasteiger partial charge in [0, 0.05) is 17.8 Å². The molecule has 10 heteroatoms. The number of nitro benzene ring substituents is 1. The third-order valence-corrected chi connectivity index (χ3v) is 3.07. The summed E-state index contributed by atoms with van der Waals surface area (Å²) < 4.78 is 51.9. The minimum atomic E-state index is -4.81. The summed E-state index contributed by atoms with van der Waals surface area (Å²) in [5, 5.41) is 15.4. The van der Waals surface area contributed by atoms with Gasteiger partial charge in [0.15, 0.2) is 5.11 Å². The van der Waals surface area contributed by atoms with Gasteiger partial charge in [0.05, 0.1) is 16.2 Å². The second kappa shape index (κ2) is 6.79. The highest BCUT2D eigenvalue weighted by Gasteiger charge is 2.35. The predicted octanol–water partition coefficient (Wildman–Crippen LogP) is 4.56. The third kappa shape index (κ3) is 4.38. The van der Waals surface area contributed by atoms with Crippen LogP contribution in [0.5, 0.6) is 0 Å². The molecular weight excluding hydrogens is 350 g/mol. The Balaban J connectivity index is 2.23. The summed E-state index contributed by atoms with van der Waals surface area (Å²) in [5.74, 6) is -0.478. The topological polar surface area (TPSA) is 67.2 Å². The molecule has 0 heterocycles. The van der Waals surface area contributed by atoms with Gasteiger partial charge in [-0.1, -0.05) is 0 Å². The van der Waals surface area contributed by atoms with Gasteiger partial charge in [-0.15, -0.1) is 0 Å². The predicted molar refractivity (Wildman–Crippen MR) is 84.3 cm³/mol. The van der Waals surface area contributed by atoms with Crippen molar-refractivity contribution in [3.05, 3.63) is 64.0 Å². The highest BCUT2D eigenvalue weighted by molar-refractivity contribution is 7.80. The number of benzene rings is 2. The van der Waals surface area contributed by atoms with Gasteiger partial charge in [0.1, 0.15) is 5.82 Å². The maximum Gasteiger partial charge on any atom is 0.418 e. The Morgan fingerprint density at radius 3 is 2.25 bits per heavy atom. The molecule has 126 valence electrons. The Hall–Kier alpha value is -2.75. The maximum absolute atomic E-state index is 13.0. The van der Waals surface area contributed by atoms with Crippen LogP contribution in [-0.4, -0.2) is 10.0 Å². The number of hydrogen-bond donors (Lipinski definition) is 2. The zero-order valence-electron chi connectivity index (χ0n) is 11.7. The van der Waals surface area contributed by atoms with E-state index in [1.54, 1.807) is 0 Å². The van der Waals surface area contributed by atoms with Gasteiger partial charge in [-0.2, -0.15) is 13.2 Å². The summed E-state index contributed by atoms with van der Waals surface area (Å²) in [6.45, 7) is 0. The van der Waals surface area contributed by atoms with E-state index in [-0.39, 0.29) is 5.11 Å². The first-order valence-electron chi connectivity index (χ1n) is 6.36. The fraction of sp³-hybridized carbons (Fsp3) is 0.0714. The first kappa shape index (κ1) is 17.6. The Morgan fingerprint density at radius 2 is 1.71 bits per heavy atom.